The molecule has 2 aromatic rings. The first kappa shape index (κ1) is 20.3. The van der Waals surface area contributed by atoms with Crippen molar-refractivity contribution in [1.82, 2.24) is 5.32 Å². The zero-order chi connectivity index (χ0) is 20.1. The molecule has 6 nitrogen and oxygen atoms in total. The minimum absolute atomic E-state index is 0.0445. The van der Waals surface area contributed by atoms with Crippen LogP contribution < -0.4 is 9.62 Å². The number of benzene rings is 2. The quantitative estimate of drug-likeness (QED) is 0.767. The molecule has 1 N–H and O–H groups in total. The molecular weight excluding hydrogens is 383 g/mol. The summed E-state index contributed by atoms with van der Waals surface area (Å²) in [6.45, 7) is 2.45. The summed E-state index contributed by atoms with van der Waals surface area (Å²) in [4.78, 5) is 12.5. The van der Waals surface area contributed by atoms with Gasteiger partial charge in [0.25, 0.3) is 10.0 Å². The van der Waals surface area contributed by atoms with Crippen LogP contribution >= 0.6 is 0 Å². The molecule has 1 heterocycles. The van der Waals surface area contributed by atoms with Gasteiger partial charge in [0, 0.05) is 13.2 Å². The van der Waals surface area contributed by atoms with Crippen molar-refractivity contribution in [3.8, 4) is 0 Å². The number of nitrogens with one attached hydrogen (secondary N) is 1. The lowest BCUT2D eigenvalue weighted by molar-refractivity contribution is -0.120. The van der Waals surface area contributed by atoms with E-state index in [1.54, 1.807) is 12.1 Å². The number of carbonyl (C=O) groups excluding carboxylic acids is 1. The first-order valence-electron chi connectivity index (χ1n) is 9.09. The van der Waals surface area contributed by atoms with Gasteiger partial charge in [-0.15, -0.1) is 0 Å². The molecule has 0 spiro atoms. The highest BCUT2D eigenvalue weighted by atomic mass is 32.2. The van der Waals surface area contributed by atoms with Crippen molar-refractivity contribution in [3.05, 3.63) is 59.9 Å². The fourth-order valence-electron chi connectivity index (χ4n) is 2.98. The average molecular weight is 406 g/mol. The molecule has 28 heavy (non-hydrogen) atoms. The van der Waals surface area contributed by atoms with Gasteiger partial charge in [-0.3, -0.25) is 9.10 Å². The molecule has 150 valence electrons. The zero-order valence-electron chi connectivity index (χ0n) is 15.6. The predicted molar refractivity (Wildman–Crippen MR) is 104 cm³/mol. The second-order valence-corrected chi connectivity index (χ2v) is 8.60. The molecule has 8 heteroatoms. The number of carbonyl (C=O) groups is 1. The molecular formula is C20H23FN2O4S. The van der Waals surface area contributed by atoms with E-state index in [0.29, 0.717) is 13.2 Å². The molecule has 1 atom stereocenters. The highest BCUT2D eigenvalue weighted by molar-refractivity contribution is 7.92. The Morgan fingerprint density at radius 2 is 1.86 bits per heavy atom. The number of hydrogen-bond donors (Lipinski definition) is 1. The molecule has 2 aromatic carbocycles. The summed E-state index contributed by atoms with van der Waals surface area (Å²) in [5.74, 6) is -0.935. The van der Waals surface area contributed by atoms with Crippen molar-refractivity contribution in [2.75, 3.05) is 24.0 Å². The van der Waals surface area contributed by atoms with Crippen LogP contribution in [0.4, 0.5) is 10.1 Å². The van der Waals surface area contributed by atoms with Crippen LogP contribution in [0, 0.1) is 12.7 Å². The summed E-state index contributed by atoms with van der Waals surface area (Å²) in [5.41, 5.74) is 1.14. The first-order chi connectivity index (χ1) is 13.4. The third-order valence-corrected chi connectivity index (χ3v) is 6.35. The summed E-state index contributed by atoms with van der Waals surface area (Å²) in [6.07, 6.45) is 1.77. The third-order valence-electron chi connectivity index (χ3n) is 4.56. The molecule has 0 aromatic heterocycles. The number of sulfonamides is 1. The Balaban J connectivity index is 1.83. The van der Waals surface area contributed by atoms with Crippen molar-refractivity contribution in [1.29, 1.82) is 0 Å². The van der Waals surface area contributed by atoms with Gasteiger partial charge < -0.3 is 10.1 Å². The summed E-state index contributed by atoms with van der Waals surface area (Å²) < 4.78 is 46.1. The SMILES string of the molecule is Cc1ccc(S(=O)(=O)N(CC(=O)NC[C@H]2CCCO2)c2ccc(F)cc2)cc1. The number of rotatable bonds is 7. The van der Waals surface area contributed by atoms with Gasteiger partial charge in [-0.1, -0.05) is 17.7 Å². The number of nitrogens with zero attached hydrogens (tertiary/aromatic N) is 1. The van der Waals surface area contributed by atoms with Crippen LogP contribution in [0.15, 0.2) is 53.4 Å². The molecule has 1 saturated heterocycles. The standard InChI is InChI=1S/C20H23FN2O4S/c1-15-4-10-19(11-5-15)28(25,26)23(17-8-6-16(21)7-9-17)14-20(24)22-13-18-3-2-12-27-18/h4-11,18H,2-3,12-14H2,1H3,(H,22,24)/t18-/m1/s1. The van der Waals surface area contributed by atoms with E-state index < -0.39 is 28.3 Å². The van der Waals surface area contributed by atoms with Gasteiger partial charge in [-0.05, 0) is 56.2 Å². The fourth-order valence-corrected chi connectivity index (χ4v) is 4.40. The van der Waals surface area contributed by atoms with E-state index in [9.17, 15) is 17.6 Å². The van der Waals surface area contributed by atoms with Gasteiger partial charge in [-0.25, -0.2) is 12.8 Å². The topological polar surface area (TPSA) is 75.7 Å². The normalized spacial score (nSPS) is 16.7. The van der Waals surface area contributed by atoms with E-state index in [2.05, 4.69) is 5.32 Å². The summed E-state index contributed by atoms with van der Waals surface area (Å²) in [7, 11) is -4.00. The fraction of sp³-hybridized carbons (Fsp3) is 0.350. The van der Waals surface area contributed by atoms with Crippen LogP contribution in [-0.2, 0) is 19.6 Å². The van der Waals surface area contributed by atoms with Gasteiger partial charge in [0.1, 0.15) is 12.4 Å². The molecule has 0 bridgehead atoms. The largest absolute Gasteiger partial charge is 0.376 e. The zero-order valence-corrected chi connectivity index (χ0v) is 16.4. The third kappa shape index (κ3) is 4.88. The molecule has 0 aliphatic carbocycles. The summed E-state index contributed by atoms with van der Waals surface area (Å²) >= 11 is 0. The number of anilines is 1. The second kappa shape index (κ2) is 8.70. The van der Waals surface area contributed by atoms with Crippen LogP contribution in [-0.4, -0.2) is 40.1 Å². The van der Waals surface area contributed by atoms with Crippen molar-refractivity contribution in [2.45, 2.75) is 30.8 Å². The van der Waals surface area contributed by atoms with Gasteiger partial charge >= 0.3 is 0 Å². The van der Waals surface area contributed by atoms with Gasteiger partial charge in [-0.2, -0.15) is 0 Å². The lowest BCUT2D eigenvalue weighted by atomic mass is 10.2. The molecule has 0 unspecified atom stereocenters. The highest BCUT2D eigenvalue weighted by Crippen LogP contribution is 2.24. The molecule has 1 amide bonds. The maximum absolute atomic E-state index is 13.3. The number of amides is 1. The van der Waals surface area contributed by atoms with Crippen molar-refractivity contribution in [3.63, 3.8) is 0 Å². The maximum Gasteiger partial charge on any atom is 0.264 e. The van der Waals surface area contributed by atoms with E-state index in [-0.39, 0.29) is 16.7 Å². The Hall–Kier alpha value is -2.45. The second-order valence-electron chi connectivity index (χ2n) is 6.74. The van der Waals surface area contributed by atoms with Gasteiger partial charge in [0.2, 0.25) is 5.91 Å². The van der Waals surface area contributed by atoms with Crippen LogP contribution in [0.3, 0.4) is 0 Å². The Morgan fingerprint density at radius 1 is 1.18 bits per heavy atom. The molecule has 3 rings (SSSR count). The van der Waals surface area contributed by atoms with Crippen LogP contribution in [0.1, 0.15) is 18.4 Å². The lowest BCUT2D eigenvalue weighted by Crippen LogP contribution is -2.42. The van der Waals surface area contributed by atoms with Crippen LogP contribution in [0.25, 0.3) is 0 Å². The van der Waals surface area contributed by atoms with Crippen molar-refractivity contribution in [2.24, 2.45) is 0 Å². The number of aryl methyl sites for hydroxylation is 1. The number of halogens is 1. The van der Waals surface area contributed by atoms with E-state index in [0.717, 1.165) is 34.8 Å². The Labute approximate surface area is 164 Å². The van der Waals surface area contributed by atoms with Gasteiger partial charge in [0.15, 0.2) is 0 Å². The summed E-state index contributed by atoms with van der Waals surface area (Å²) in [6, 6.07) is 11.4. The predicted octanol–water partition coefficient (Wildman–Crippen LogP) is 2.62. The van der Waals surface area contributed by atoms with Crippen molar-refractivity contribution < 1.29 is 22.3 Å². The Morgan fingerprint density at radius 3 is 2.46 bits per heavy atom. The number of ether oxygens (including phenoxy) is 1. The molecule has 1 aliphatic rings. The Kier molecular flexibility index (Phi) is 6.31. The minimum atomic E-state index is -4.00. The van der Waals surface area contributed by atoms with Crippen LogP contribution in [0.2, 0.25) is 0 Å². The molecule has 1 fully saturated rings. The van der Waals surface area contributed by atoms with Crippen molar-refractivity contribution >= 4 is 21.6 Å². The highest BCUT2D eigenvalue weighted by Gasteiger charge is 2.27. The van der Waals surface area contributed by atoms with E-state index in [4.69, 9.17) is 4.74 Å². The van der Waals surface area contributed by atoms with Crippen LogP contribution in [0.5, 0.6) is 0 Å². The Bertz CT molecular complexity index is 908. The lowest BCUT2D eigenvalue weighted by Gasteiger charge is -2.24. The average Bonchev–Trinajstić information content (AvgIpc) is 3.19. The molecule has 1 aliphatic heterocycles. The molecule has 0 saturated carbocycles. The molecule has 0 radical (unpaired) electrons. The maximum atomic E-state index is 13.3. The smallest absolute Gasteiger partial charge is 0.264 e. The van der Waals surface area contributed by atoms with E-state index >= 15 is 0 Å². The first-order valence-corrected chi connectivity index (χ1v) is 10.5. The van der Waals surface area contributed by atoms with Gasteiger partial charge in [0.05, 0.1) is 16.7 Å². The summed E-state index contributed by atoms with van der Waals surface area (Å²) in [5, 5.41) is 2.72. The number of hydrogen-bond acceptors (Lipinski definition) is 4. The minimum Gasteiger partial charge on any atom is -0.376 e. The van der Waals surface area contributed by atoms with E-state index in [1.807, 2.05) is 6.92 Å². The monoisotopic (exact) mass is 406 g/mol. The van der Waals surface area contributed by atoms with E-state index in [1.165, 1.54) is 24.3 Å².